The molecule has 0 saturated heterocycles. The normalized spacial score (nSPS) is 21.3. The highest BCUT2D eigenvalue weighted by Gasteiger charge is 2.27. The number of fused-ring (bicyclic) bond motifs is 2. The molecular formula is C28H30N6O3. The number of para-hydroxylation sites is 1. The molecule has 1 fully saturated rings. The number of nitrogen functional groups attached to an aromatic ring is 1. The van der Waals surface area contributed by atoms with E-state index < -0.39 is 6.10 Å². The van der Waals surface area contributed by atoms with Crippen LogP contribution in [0.4, 0.5) is 5.82 Å². The quantitative estimate of drug-likeness (QED) is 0.384. The molecule has 1 unspecified atom stereocenters. The number of nitrogens with one attached hydrogen (secondary N) is 1. The van der Waals surface area contributed by atoms with E-state index in [1.807, 2.05) is 53.2 Å². The molecule has 2 aromatic carbocycles. The van der Waals surface area contributed by atoms with Gasteiger partial charge in [-0.2, -0.15) is 5.10 Å². The molecule has 2 aromatic heterocycles. The molecule has 37 heavy (non-hydrogen) atoms. The Labute approximate surface area is 214 Å². The van der Waals surface area contributed by atoms with Crippen LogP contribution in [0, 0.1) is 0 Å². The fourth-order valence-electron chi connectivity index (χ4n) is 5.35. The van der Waals surface area contributed by atoms with E-state index in [0.717, 1.165) is 65.6 Å². The van der Waals surface area contributed by atoms with Crippen LogP contribution in [0.2, 0.25) is 0 Å². The number of ether oxygens (including phenoxy) is 1. The second kappa shape index (κ2) is 9.82. The Morgan fingerprint density at radius 3 is 2.65 bits per heavy atom. The highest BCUT2D eigenvalue weighted by atomic mass is 16.5. The number of aliphatic hydroxyl groups excluding tert-OH is 1. The molecule has 1 saturated carbocycles. The molecule has 0 spiro atoms. The summed E-state index contributed by atoms with van der Waals surface area (Å²) in [4.78, 5) is 21.4. The van der Waals surface area contributed by atoms with Crippen molar-refractivity contribution in [1.82, 2.24) is 25.1 Å². The van der Waals surface area contributed by atoms with Crippen molar-refractivity contribution in [2.75, 3.05) is 5.73 Å². The Bertz CT molecular complexity index is 1430. The van der Waals surface area contributed by atoms with Crippen molar-refractivity contribution in [1.29, 1.82) is 0 Å². The lowest BCUT2D eigenvalue weighted by atomic mass is 9.93. The first-order chi connectivity index (χ1) is 18.1. The zero-order valence-electron chi connectivity index (χ0n) is 20.5. The summed E-state index contributed by atoms with van der Waals surface area (Å²) in [5.41, 5.74) is 10.7. The molecule has 0 radical (unpaired) electrons. The molecule has 1 atom stereocenters. The van der Waals surface area contributed by atoms with Gasteiger partial charge in [-0.15, -0.1) is 0 Å². The second-order valence-electron chi connectivity index (χ2n) is 9.88. The maximum Gasteiger partial charge on any atom is 0.261 e. The standard InChI is InChI=1S/C28H30N6O3/c29-26-24-25(33-34(27(24)32-16-31-26)20-10-12-21(35)13-11-20)19-7-5-17(6-8-19)15-30-28(36)23-14-9-18-3-1-2-4-22(18)37-23/h1-8,16,20-21,23,35H,9-15H2,(H,30,36)(H2,29,31,32). The molecule has 9 heteroatoms. The van der Waals surface area contributed by atoms with Crippen LogP contribution in [0.3, 0.4) is 0 Å². The Balaban J connectivity index is 1.17. The minimum atomic E-state index is -0.478. The molecule has 4 aromatic rings. The predicted molar refractivity (Wildman–Crippen MR) is 140 cm³/mol. The van der Waals surface area contributed by atoms with Crippen LogP contribution in [0.5, 0.6) is 5.75 Å². The zero-order chi connectivity index (χ0) is 25.4. The van der Waals surface area contributed by atoms with E-state index in [0.29, 0.717) is 24.4 Å². The van der Waals surface area contributed by atoms with Gasteiger partial charge in [-0.05, 0) is 55.7 Å². The number of nitrogens with zero attached hydrogens (tertiary/aromatic N) is 4. The van der Waals surface area contributed by atoms with Crippen molar-refractivity contribution in [3.8, 4) is 17.0 Å². The average molecular weight is 499 g/mol. The molecule has 0 bridgehead atoms. The number of nitrogens with two attached hydrogens (primary N) is 1. The lowest BCUT2D eigenvalue weighted by Gasteiger charge is -2.25. The van der Waals surface area contributed by atoms with Gasteiger partial charge in [-0.1, -0.05) is 42.5 Å². The number of rotatable bonds is 5. The first-order valence-electron chi connectivity index (χ1n) is 12.8. The van der Waals surface area contributed by atoms with Crippen LogP contribution in [0.25, 0.3) is 22.3 Å². The number of aryl methyl sites for hydroxylation is 1. The van der Waals surface area contributed by atoms with E-state index in [2.05, 4.69) is 15.3 Å². The largest absolute Gasteiger partial charge is 0.480 e. The van der Waals surface area contributed by atoms with Crippen LogP contribution >= 0.6 is 0 Å². The summed E-state index contributed by atoms with van der Waals surface area (Å²) in [6.07, 6.45) is 5.43. The van der Waals surface area contributed by atoms with Crippen molar-refractivity contribution in [2.24, 2.45) is 0 Å². The summed E-state index contributed by atoms with van der Waals surface area (Å²) in [7, 11) is 0. The van der Waals surface area contributed by atoms with Gasteiger partial charge in [0.05, 0.1) is 17.5 Å². The monoisotopic (exact) mass is 498 g/mol. The van der Waals surface area contributed by atoms with Crippen LogP contribution in [0.1, 0.15) is 49.3 Å². The third kappa shape index (κ3) is 4.62. The third-order valence-corrected chi connectivity index (χ3v) is 7.43. The van der Waals surface area contributed by atoms with Crippen LogP contribution < -0.4 is 15.8 Å². The minimum absolute atomic E-state index is 0.106. The van der Waals surface area contributed by atoms with E-state index in [1.165, 1.54) is 6.33 Å². The number of anilines is 1. The van der Waals surface area contributed by atoms with Crippen molar-refractivity contribution < 1.29 is 14.6 Å². The van der Waals surface area contributed by atoms with Gasteiger partial charge >= 0.3 is 0 Å². The lowest BCUT2D eigenvalue weighted by Crippen LogP contribution is -2.40. The average Bonchev–Trinajstić information content (AvgIpc) is 3.33. The lowest BCUT2D eigenvalue weighted by molar-refractivity contribution is -0.128. The first kappa shape index (κ1) is 23.4. The van der Waals surface area contributed by atoms with E-state index in [9.17, 15) is 9.90 Å². The Morgan fingerprint density at radius 2 is 1.84 bits per heavy atom. The number of carbonyl (C=O) groups excluding carboxylic acids is 1. The smallest absolute Gasteiger partial charge is 0.261 e. The number of benzene rings is 2. The maximum absolute atomic E-state index is 12.7. The SMILES string of the molecule is Nc1ncnc2c1c(-c1ccc(CNC(=O)C3CCc4ccccc4O3)cc1)nn2C1CCC(O)CC1. The number of aliphatic hydroxyl groups is 1. The summed E-state index contributed by atoms with van der Waals surface area (Å²) in [5, 5.41) is 18.6. The van der Waals surface area contributed by atoms with Gasteiger partial charge in [0.2, 0.25) is 0 Å². The molecule has 190 valence electrons. The van der Waals surface area contributed by atoms with E-state index in [1.54, 1.807) is 0 Å². The molecule has 3 heterocycles. The predicted octanol–water partition coefficient (Wildman–Crippen LogP) is 3.56. The van der Waals surface area contributed by atoms with Crippen LogP contribution in [-0.2, 0) is 17.8 Å². The van der Waals surface area contributed by atoms with Gasteiger partial charge in [0.15, 0.2) is 11.8 Å². The van der Waals surface area contributed by atoms with E-state index in [-0.39, 0.29) is 18.1 Å². The summed E-state index contributed by atoms with van der Waals surface area (Å²) in [6, 6.07) is 16.0. The minimum Gasteiger partial charge on any atom is -0.480 e. The zero-order valence-corrected chi connectivity index (χ0v) is 20.5. The highest BCUT2D eigenvalue weighted by Crippen LogP contribution is 2.36. The topological polar surface area (TPSA) is 128 Å². The number of amides is 1. The summed E-state index contributed by atoms with van der Waals surface area (Å²) in [6.45, 7) is 0.408. The van der Waals surface area contributed by atoms with E-state index >= 15 is 0 Å². The van der Waals surface area contributed by atoms with Crippen molar-refractivity contribution in [3.63, 3.8) is 0 Å². The number of hydrogen-bond donors (Lipinski definition) is 3. The number of hydrogen-bond acceptors (Lipinski definition) is 7. The fourth-order valence-corrected chi connectivity index (χ4v) is 5.35. The second-order valence-corrected chi connectivity index (χ2v) is 9.88. The Morgan fingerprint density at radius 1 is 1.05 bits per heavy atom. The van der Waals surface area contributed by atoms with Gasteiger partial charge < -0.3 is 20.9 Å². The third-order valence-electron chi connectivity index (χ3n) is 7.43. The molecule has 6 rings (SSSR count). The maximum atomic E-state index is 12.7. The molecular weight excluding hydrogens is 468 g/mol. The Kier molecular flexibility index (Phi) is 6.21. The van der Waals surface area contributed by atoms with Crippen molar-refractivity contribution >= 4 is 22.8 Å². The summed E-state index contributed by atoms with van der Waals surface area (Å²) < 4.78 is 7.86. The van der Waals surface area contributed by atoms with Gasteiger partial charge in [0, 0.05) is 12.1 Å². The number of aromatic nitrogens is 4. The highest BCUT2D eigenvalue weighted by molar-refractivity contribution is 5.98. The molecule has 1 aliphatic heterocycles. The van der Waals surface area contributed by atoms with Crippen molar-refractivity contribution in [3.05, 3.63) is 66.0 Å². The summed E-state index contributed by atoms with van der Waals surface area (Å²) in [5.74, 6) is 1.08. The Hall–Kier alpha value is -3.98. The van der Waals surface area contributed by atoms with Crippen molar-refractivity contribution in [2.45, 2.75) is 63.3 Å². The van der Waals surface area contributed by atoms with E-state index in [4.69, 9.17) is 15.6 Å². The molecule has 4 N–H and O–H groups in total. The fraction of sp³-hybridized carbons (Fsp3) is 0.357. The van der Waals surface area contributed by atoms with Crippen LogP contribution in [-0.4, -0.2) is 43.0 Å². The van der Waals surface area contributed by atoms with Gasteiger partial charge in [-0.3, -0.25) is 4.79 Å². The molecule has 1 amide bonds. The first-order valence-corrected chi connectivity index (χ1v) is 12.8. The van der Waals surface area contributed by atoms with Crippen LogP contribution in [0.15, 0.2) is 54.9 Å². The van der Waals surface area contributed by atoms with Gasteiger partial charge in [0.25, 0.3) is 5.91 Å². The molecule has 2 aliphatic rings. The van der Waals surface area contributed by atoms with Gasteiger partial charge in [0.1, 0.15) is 23.6 Å². The number of carbonyl (C=O) groups is 1. The van der Waals surface area contributed by atoms with Gasteiger partial charge in [-0.25, -0.2) is 14.6 Å². The summed E-state index contributed by atoms with van der Waals surface area (Å²) >= 11 is 0. The molecule has 9 nitrogen and oxygen atoms in total. The molecule has 1 aliphatic carbocycles.